The largest absolute Gasteiger partial charge is 0.493 e. The van der Waals surface area contributed by atoms with E-state index in [9.17, 15) is 14.0 Å². The first kappa shape index (κ1) is 30.3. The first-order valence-corrected chi connectivity index (χ1v) is 13.9. The molecule has 0 radical (unpaired) electrons. The maximum Gasteiger partial charge on any atom is 0.251 e. The highest BCUT2D eigenvalue weighted by Gasteiger charge is 2.35. The Hall–Kier alpha value is -5.20. The van der Waals surface area contributed by atoms with Crippen molar-refractivity contribution in [3.63, 3.8) is 0 Å². The second kappa shape index (κ2) is 12.6. The van der Waals surface area contributed by atoms with E-state index in [0.29, 0.717) is 53.0 Å². The summed E-state index contributed by atoms with van der Waals surface area (Å²) in [4.78, 5) is 30.5. The Kier molecular flexibility index (Phi) is 8.65. The highest BCUT2D eigenvalue weighted by Crippen LogP contribution is 2.37. The Morgan fingerprint density at radius 1 is 0.977 bits per heavy atom. The summed E-state index contributed by atoms with van der Waals surface area (Å²) in [5, 5.41) is 15.6. The van der Waals surface area contributed by atoms with Crippen LogP contribution in [0.2, 0.25) is 0 Å². The molecule has 1 N–H and O–H groups in total. The lowest BCUT2D eigenvalue weighted by atomic mass is 10.0. The van der Waals surface area contributed by atoms with Gasteiger partial charge in [0.1, 0.15) is 31.6 Å². The van der Waals surface area contributed by atoms with Gasteiger partial charge in [0, 0.05) is 22.9 Å². The van der Waals surface area contributed by atoms with Crippen LogP contribution in [0.1, 0.15) is 32.4 Å². The number of carbonyl (C=O) groups is 2. The van der Waals surface area contributed by atoms with Crippen LogP contribution in [0.4, 0.5) is 10.1 Å². The molecule has 13 heteroatoms. The van der Waals surface area contributed by atoms with Crippen molar-refractivity contribution in [2.75, 3.05) is 32.3 Å². The van der Waals surface area contributed by atoms with Crippen LogP contribution in [-0.2, 0) is 16.1 Å². The molecule has 0 saturated heterocycles. The number of anilines is 1. The standard InChI is InChI=1S/C31H33FN6O6/c1-31(2,3)33-30(40)28(19-6-9-21(32)10-7-19)38(22-11-13-24-26(17-22)44-15-14-43-24)27(39)18-37-35-29(34-36-37)20-8-12-23(41-4)25(16-20)42-5/h6-13,16-17,28H,14-15,18H2,1-5H3,(H,33,40)/t28-/m1/s1. The summed E-state index contributed by atoms with van der Waals surface area (Å²) in [7, 11) is 3.05. The molecular weight excluding hydrogens is 571 g/mol. The molecule has 1 aromatic heterocycles. The number of halogens is 1. The summed E-state index contributed by atoms with van der Waals surface area (Å²) in [6.07, 6.45) is 0. The summed E-state index contributed by atoms with van der Waals surface area (Å²) >= 11 is 0. The predicted octanol–water partition coefficient (Wildman–Crippen LogP) is 3.96. The molecule has 230 valence electrons. The minimum absolute atomic E-state index is 0.255. The molecule has 1 aliphatic heterocycles. The molecule has 2 amide bonds. The summed E-state index contributed by atoms with van der Waals surface area (Å²) < 4.78 is 36.1. The van der Waals surface area contributed by atoms with Crippen LogP contribution in [0, 0.1) is 5.82 Å². The number of ether oxygens (including phenoxy) is 4. The smallest absolute Gasteiger partial charge is 0.251 e. The monoisotopic (exact) mass is 604 g/mol. The van der Waals surface area contributed by atoms with Gasteiger partial charge in [-0.1, -0.05) is 12.1 Å². The van der Waals surface area contributed by atoms with E-state index in [1.165, 1.54) is 43.4 Å². The summed E-state index contributed by atoms with van der Waals surface area (Å²) in [5.41, 5.74) is 0.726. The van der Waals surface area contributed by atoms with E-state index in [4.69, 9.17) is 18.9 Å². The Bertz CT molecular complexity index is 1650. The Morgan fingerprint density at radius 3 is 2.36 bits per heavy atom. The van der Waals surface area contributed by atoms with Crippen LogP contribution in [0.15, 0.2) is 60.7 Å². The molecule has 4 aromatic rings. The van der Waals surface area contributed by atoms with Gasteiger partial charge in [-0.2, -0.15) is 4.80 Å². The zero-order chi connectivity index (χ0) is 31.4. The topological polar surface area (TPSA) is 130 Å². The lowest BCUT2D eigenvalue weighted by molar-refractivity contribution is -0.128. The maximum atomic E-state index is 14.2. The number of rotatable bonds is 9. The van der Waals surface area contributed by atoms with E-state index in [1.807, 2.05) is 20.8 Å². The van der Waals surface area contributed by atoms with Gasteiger partial charge >= 0.3 is 0 Å². The van der Waals surface area contributed by atoms with Crippen LogP contribution in [-0.4, -0.2) is 65.0 Å². The quantitative estimate of drug-likeness (QED) is 0.302. The molecule has 0 aliphatic carbocycles. The van der Waals surface area contributed by atoms with E-state index in [1.54, 1.807) is 36.4 Å². The molecule has 1 aliphatic rings. The zero-order valence-electron chi connectivity index (χ0n) is 25.0. The molecule has 12 nitrogen and oxygen atoms in total. The third-order valence-corrected chi connectivity index (χ3v) is 6.63. The van der Waals surface area contributed by atoms with E-state index in [-0.39, 0.29) is 12.4 Å². The van der Waals surface area contributed by atoms with Crippen molar-refractivity contribution >= 4 is 17.5 Å². The van der Waals surface area contributed by atoms with Gasteiger partial charge in [0.15, 0.2) is 23.0 Å². The van der Waals surface area contributed by atoms with Crippen molar-refractivity contribution in [3.8, 4) is 34.4 Å². The van der Waals surface area contributed by atoms with Crippen molar-refractivity contribution in [1.29, 1.82) is 0 Å². The number of methoxy groups -OCH3 is 2. The molecule has 0 saturated carbocycles. The van der Waals surface area contributed by atoms with Crippen LogP contribution >= 0.6 is 0 Å². The highest BCUT2D eigenvalue weighted by atomic mass is 19.1. The summed E-state index contributed by atoms with van der Waals surface area (Å²) in [6.45, 7) is 5.85. The fourth-order valence-electron chi connectivity index (χ4n) is 4.72. The van der Waals surface area contributed by atoms with Gasteiger partial charge in [0.05, 0.1) is 14.2 Å². The Labute approximate surface area is 253 Å². The normalized spacial score (nSPS) is 13.1. The lowest BCUT2D eigenvalue weighted by Crippen LogP contribution is -2.50. The minimum atomic E-state index is -1.18. The minimum Gasteiger partial charge on any atom is -0.493 e. The van der Waals surface area contributed by atoms with E-state index in [2.05, 4.69) is 20.7 Å². The molecular formula is C31H33FN6O6. The molecule has 0 spiro atoms. The van der Waals surface area contributed by atoms with Crippen molar-refractivity contribution in [2.45, 2.75) is 38.9 Å². The molecule has 5 rings (SSSR count). The lowest BCUT2D eigenvalue weighted by Gasteiger charge is -2.34. The molecule has 3 aromatic carbocycles. The van der Waals surface area contributed by atoms with E-state index in [0.717, 1.165) is 4.80 Å². The number of benzene rings is 3. The first-order chi connectivity index (χ1) is 21.1. The molecule has 44 heavy (non-hydrogen) atoms. The van der Waals surface area contributed by atoms with Crippen molar-refractivity contribution in [2.24, 2.45) is 0 Å². The van der Waals surface area contributed by atoms with Gasteiger partial charge in [-0.05, 0) is 74.0 Å². The van der Waals surface area contributed by atoms with Gasteiger partial charge in [-0.3, -0.25) is 14.5 Å². The van der Waals surface area contributed by atoms with Gasteiger partial charge < -0.3 is 24.3 Å². The summed E-state index contributed by atoms with van der Waals surface area (Å²) in [6, 6.07) is 14.4. The number of aromatic nitrogens is 4. The molecule has 0 bridgehead atoms. The van der Waals surface area contributed by atoms with E-state index < -0.39 is 29.2 Å². The summed E-state index contributed by atoms with van der Waals surface area (Å²) in [5.74, 6) is 0.739. The number of nitrogens with zero attached hydrogens (tertiary/aromatic N) is 5. The second-order valence-electron chi connectivity index (χ2n) is 11.0. The van der Waals surface area contributed by atoms with Gasteiger partial charge in [-0.15, -0.1) is 10.2 Å². The molecule has 0 unspecified atom stereocenters. The fourth-order valence-corrected chi connectivity index (χ4v) is 4.72. The number of tetrazole rings is 1. The van der Waals surface area contributed by atoms with Crippen LogP contribution in [0.25, 0.3) is 11.4 Å². The van der Waals surface area contributed by atoms with Gasteiger partial charge in [-0.25, -0.2) is 4.39 Å². The SMILES string of the molecule is COc1ccc(-c2nnn(CC(=O)N(c3ccc4c(c3)OCCO4)[C@@H](C(=O)NC(C)(C)C)c3ccc(F)cc3)n2)cc1OC. The molecule has 1 atom stereocenters. The zero-order valence-corrected chi connectivity index (χ0v) is 25.0. The van der Waals surface area contributed by atoms with Crippen LogP contribution in [0.5, 0.6) is 23.0 Å². The first-order valence-electron chi connectivity index (χ1n) is 13.9. The second-order valence-corrected chi connectivity index (χ2v) is 11.0. The highest BCUT2D eigenvalue weighted by molar-refractivity contribution is 6.01. The Balaban J connectivity index is 1.54. The number of fused-ring (bicyclic) bond motifs is 1. The van der Waals surface area contributed by atoms with Crippen molar-refractivity contribution < 1.29 is 32.9 Å². The van der Waals surface area contributed by atoms with Crippen LogP contribution in [0.3, 0.4) is 0 Å². The van der Waals surface area contributed by atoms with Crippen LogP contribution < -0.4 is 29.2 Å². The van der Waals surface area contributed by atoms with Crippen molar-refractivity contribution in [1.82, 2.24) is 25.5 Å². The predicted molar refractivity (Wildman–Crippen MR) is 158 cm³/mol. The fraction of sp³-hybridized carbons (Fsp3) is 0.323. The van der Waals surface area contributed by atoms with Gasteiger partial charge in [0.25, 0.3) is 5.91 Å². The average molecular weight is 605 g/mol. The third kappa shape index (κ3) is 6.72. The van der Waals surface area contributed by atoms with Crippen molar-refractivity contribution in [3.05, 3.63) is 72.0 Å². The number of amides is 2. The molecule has 0 fully saturated rings. The number of hydrogen-bond acceptors (Lipinski definition) is 9. The molecule has 2 heterocycles. The number of carbonyl (C=O) groups excluding carboxylic acids is 2. The third-order valence-electron chi connectivity index (χ3n) is 6.63. The Morgan fingerprint density at radius 2 is 1.68 bits per heavy atom. The van der Waals surface area contributed by atoms with Gasteiger partial charge in [0.2, 0.25) is 11.7 Å². The number of nitrogens with one attached hydrogen (secondary N) is 1. The van der Waals surface area contributed by atoms with E-state index >= 15 is 0 Å². The number of hydrogen-bond donors (Lipinski definition) is 1. The average Bonchev–Trinajstić information content (AvgIpc) is 3.47. The maximum absolute atomic E-state index is 14.2.